The molecule has 2 saturated heterocycles. The zero-order chi connectivity index (χ0) is 24.0. The molecule has 0 bridgehead atoms. The lowest BCUT2D eigenvalue weighted by Crippen LogP contribution is -2.46. The van der Waals surface area contributed by atoms with Gasteiger partial charge in [-0.25, -0.2) is 0 Å². The van der Waals surface area contributed by atoms with Crippen molar-refractivity contribution in [1.29, 1.82) is 0 Å². The quantitative estimate of drug-likeness (QED) is 0.487. The van der Waals surface area contributed by atoms with E-state index in [1.807, 2.05) is 36.4 Å². The van der Waals surface area contributed by atoms with Gasteiger partial charge in [-0.05, 0) is 29.8 Å². The van der Waals surface area contributed by atoms with E-state index in [4.69, 9.17) is 18.6 Å². The van der Waals surface area contributed by atoms with Crippen LogP contribution in [0.3, 0.4) is 0 Å². The summed E-state index contributed by atoms with van der Waals surface area (Å²) in [5.74, 6) is -0.418. The summed E-state index contributed by atoms with van der Waals surface area (Å²) in [6, 6.07) is 21.6. The van der Waals surface area contributed by atoms with Crippen molar-refractivity contribution in [2.45, 2.75) is 31.0 Å². The van der Waals surface area contributed by atoms with Gasteiger partial charge in [-0.1, -0.05) is 48.5 Å². The van der Waals surface area contributed by atoms with Crippen molar-refractivity contribution >= 4 is 17.9 Å². The predicted octanol–water partition coefficient (Wildman–Crippen LogP) is 2.92. The molecular formula is C27H26N2O6. The van der Waals surface area contributed by atoms with Crippen LogP contribution in [0.4, 0.5) is 0 Å². The van der Waals surface area contributed by atoms with Crippen LogP contribution in [0, 0.1) is 0 Å². The van der Waals surface area contributed by atoms with Crippen LogP contribution in [0.2, 0.25) is 0 Å². The van der Waals surface area contributed by atoms with Crippen LogP contribution in [0.25, 0.3) is 6.08 Å². The van der Waals surface area contributed by atoms with Gasteiger partial charge >= 0.3 is 0 Å². The van der Waals surface area contributed by atoms with E-state index in [1.54, 1.807) is 36.4 Å². The lowest BCUT2D eigenvalue weighted by molar-refractivity contribution is -0.119. The number of amides is 2. The van der Waals surface area contributed by atoms with Crippen LogP contribution in [-0.2, 0) is 25.6 Å². The fourth-order valence-corrected chi connectivity index (χ4v) is 4.21. The van der Waals surface area contributed by atoms with Crippen LogP contribution < -0.4 is 10.6 Å². The average Bonchev–Trinajstić information content (AvgIpc) is 3.63. The van der Waals surface area contributed by atoms with E-state index in [2.05, 4.69) is 10.6 Å². The molecule has 0 saturated carbocycles. The second-order valence-corrected chi connectivity index (χ2v) is 8.40. The number of carbonyl (C=O) groups is 2. The molecule has 8 heteroatoms. The first-order chi connectivity index (χ1) is 17.2. The van der Waals surface area contributed by atoms with Crippen LogP contribution in [0.15, 0.2) is 89.2 Å². The van der Waals surface area contributed by atoms with Crippen LogP contribution in [0.5, 0.6) is 0 Å². The second-order valence-electron chi connectivity index (χ2n) is 8.40. The molecule has 35 heavy (non-hydrogen) atoms. The molecule has 2 aromatic carbocycles. The summed E-state index contributed by atoms with van der Waals surface area (Å²) in [6.45, 7) is 1.13. The first kappa shape index (κ1) is 23.0. The highest BCUT2D eigenvalue weighted by molar-refractivity contribution is 6.05. The van der Waals surface area contributed by atoms with Crippen molar-refractivity contribution in [1.82, 2.24) is 10.6 Å². The molecular weight excluding hydrogens is 448 g/mol. The molecule has 1 aromatic heterocycles. The topological polar surface area (TPSA) is 99.0 Å². The number of fused-ring (bicyclic) bond motifs is 1. The molecule has 2 N–H and O–H groups in total. The molecule has 3 heterocycles. The Kier molecular flexibility index (Phi) is 7.04. The van der Waals surface area contributed by atoms with Crippen molar-refractivity contribution in [3.63, 3.8) is 0 Å². The van der Waals surface area contributed by atoms with Gasteiger partial charge in [0, 0.05) is 11.6 Å². The molecule has 0 radical (unpaired) electrons. The smallest absolute Gasteiger partial charge is 0.268 e. The number of carbonyl (C=O) groups excluding carboxylic acids is 2. The molecule has 2 aliphatic rings. The molecule has 5 rings (SSSR count). The Morgan fingerprint density at radius 2 is 1.66 bits per heavy atom. The molecule has 0 unspecified atom stereocenters. The van der Waals surface area contributed by atoms with Gasteiger partial charge in [0.15, 0.2) is 0 Å². The lowest BCUT2D eigenvalue weighted by atomic mass is 10.1. The van der Waals surface area contributed by atoms with E-state index in [0.29, 0.717) is 24.5 Å². The Morgan fingerprint density at radius 1 is 0.914 bits per heavy atom. The van der Waals surface area contributed by atoms with E-state index in [9.17, 15) is 9.59 Å². The van der Waals surface area contributed by atoms with Crippen LogP contribution >= 0.6 is 0 Å². The van der Waals surface area contributed by atoms with Crippen molar-refractivity contribution in [2.24, 2.45) is 0 Å². The number of furan rings is 1. The van der Waals surface area contributed by atoms with Gasteiger partial charge in [-0.3, -0.25) is 9.59 Å². The highest BCUT2D eigenvalue weighted by atomic mass is 16.6. The summed E-state index contributed by atoms with van der Waals surface area (Å²) < 4.78 is 23.3. The average molecular weight is 475 g/mol. The van der Waals surface area contributed by atoms with E-state index in [0.717, 1.165) is 5.56 Å². The van der Waals surface area contributed by atoms with Crippen molar-refractivity contribution < 1.29 is 28.2 Å². The first-order valence-electron chi connectivity index (χ1n) is 11.5. The van der Waals surface area contributed by atoms with E-state index in [-0.39, 0.29) is 36.7 Å². The SMILES string of the molecule is O=C(N[C@@H]1CO[C@@H]2[C@H]1OC[C@@H]2OCc1ccccc1)/C(=C/c1ccco1)NC(=O)c1ccccc1. The number of ether oxygens (including phenoxy) is 3. The molecule has 180 valence electrons. The maximum Gasteiger partial charge on any atom is 0.268 e. The van der Waals surface area contributed by atoms with Gasteiger partial charge < -0.3 is 29.3 Å². The number of hydrogen-bond donors (Lipinski definition) is 2. The molecule has 2 aliphatic heterocycles. The minimum atomic E-state index is -0.461. The normalized spacial score (nSPS) is 23.6. The van der Waals surface area contributed by atoms with Crippen LogP contribution in [0.1, 0.15) is 21.7 Å². The Labute approximate surface area is 202 Å². The van der Waals surface area contributed by atoms with Crippen molar-refractivity contribution in [2.75, 3.05) is 13.2 Å². The third-order valence-corrected chi connectivity index (χ3v) is 5.99. The maximum absolute atomic E-state index is 13.2. The monoisotopic (exact) mass is 474 g/mol. The van der Waals surface area contributed by atoms with Gasteiger partial charge in [0.1, 0.15) is 29.8 Å². The third kappa shape index (κ3) is 5.51. The summed E-state index contributed by atoms with van der Waals surface area (Å²) in [5.41, 5.74) is 1.57. The van der Waals surface area contributed by atoms with Gasteiger partial charge in [0.2, 0.25) is 0 Å². The van der Waals surface area contributed by atoms with E-state index < -0.39 is 11.8 Å². The van der Waals surface area contributed by atoms with E-state index in [1.165, 1.54) is 12.3 Å². The first-order valence-corrected chi connectivity index (χ1v) is 11.5. The lowest BCUT2D eigenvalue weighted by Gasteiger charge is -2.19. The summed E-state index contributed by atoms with van der Waals surface area (Å²) in [7, 11) is 0. The van der Waals surface area contributed by atoms with Gasteiger partial charge in [0.05, 0.1) is 32.1 Å². The molecule has 4 atom stereocenters. The highest BCUT2D eigenvalue weighted by Gasteiger charge is 2.49. The molecule has 0 spiro atoms. The summed E-state index contributed by atoms with van der Waals surface area (Å²) in [5, 5.41) is 5.64. The second kappa shape index (κ2) is 10.7. The Balaban J connectivity index is 1.23. The summed E-state index contributed by atoms with van der Waals surface area (Å²) in [6.07, 6.45) is 2.15. The minimum absolute atomic E-state index is 0.0622. The van der Waals surface area contributed by atoms with Gasteiger partial charge in [-0.2, -0.15) is 0 Å². The minimum Gasteiger partial charge on any atom is -0.465 e. The fraction of sp³-hybridized carbons (Fsp3) is 0.259. The molecule has 0 aliphatic carbocycles. The maximum atomic E-state index is 13.2. The van der Waals surface area contributed by atoms with Crippen molar-refractivity contribution in [3.05, 3.63) is 102 Å². The Bertz CT molecular complexity index is 1160. The third-order valence-electron chi connectivity index (χ3n) is 5.99. The van der Waals surface area contributed by atoms with Gasteiger partial charge in [0.25, 0.3) is 11.8 Å². The molecule has 3 aromatic rings. The largest absolute Gasteiger partial charge is 0.465 e. The number of benzene rings is 2. The summed E-state index contributed by atoms with van der Waals surface area (Å²) >= 11 is 0. The number of nitrogens with one attached hydrogen (secondary N) is 2. The zero-order valence-electron chi connectivity index (χ0n) is 19.0. The summed E-state index contributed by atoms with van der Waals surface area (Å²) in [4.78, 5) is 25.9. The van der Waals surface area contributed by atoms with Gasteiger partial charge in [-0.15, -0.1) is 0 Å². The number of hydrogen-bond acceptors (Lipinski definition) is 6. The standard InChI is InChI=1S/C27H26N2O6/c30-26(19-10-5-2-6-11-19)28-21(14-20-12-7-13-32-20)27(31)29-22-16-34-25-23(17-35-24(22)25)33-15-18-8-3-1-4-9-18/h1-14,22-25H,15-17H2,(H,28,30)(H,29,31)/b21-14-/t22-,23+,24+,25+/m1/s1. The zero-order valence-corrected chi connectivity index (χ0v) is 19.0. The number of rotatable bonds is 8. The van der Waals surface area contributed by atoms with Crippen LogP contribution in [-0.4, -0.2) is 49.4 Å². The molecule has 8 nitrogen and oxygen atoms in total. The molecule has 2 fully saturated rings. The van der Waals surface area contributed by atoms with E-state index >= 15 is 0 Å². The molecule has 2 amide bonds. The van der Waals surface area contributed by atoms with Crippen molar-refractivity contribution in [3.8, 4) is 0 Å². The highest BCUT2D eigenvalue weighted by Crippen LogP contribution is 2.29. The fourth-order valence-electron chi connectivity index (χ4n) is 4.21. The predicted molar refractivity (Wildman–Crippen MR) is 127 cm³/mol. The Hall–Kier alpha value is -3.72. The Morgan fingerprint density at radius 3 is 2.40 bits per heavy atom.